The van der Waals surface area contributed by atoms with Crippen LogP contribution in [0.3, 0.4) is 0 Å². The Bertz CT molecular complexity index is 654. The van der Waals surface area contributed by atoms with Crippen molar-refractivity contribution in [2.45, 2.75) is 13.3 Å². The minimum Gasteiger partial charge on any atom is -0.476 e. The van der Waals surface area contributed by atoms with Crippen molar-refractivity contribution in [3.63, 3.8) is 0 Å². The van der Waals surface area contributed by atoms with Crippen LogP contribution in [0.4, 0.5) is 17.2 Å². The Morgan fingerprint density at radius 1 is 1.29 bits per heavy atom. The second-order valence-electron chi connectivity index (χ2n) is 4.14. The summed E-state index contributed by atoms with van der Waals surface area (Å²) >= 11 is 15.6. The Hall–Kier alpha value is -1.24. The Kier molecular flexibility index (Phi) is 5.50. The quantitative estimate of drug-likeness (QED) is 0.725. The number of benzene rings is 1. The number of nitrogen functional groups attached to an aromatic ring is 1. The molecule has 0 aliphatic heterocycles. The number of aromatic nitrogens is 2. The predicted molar refractivity (Wildman–Crippen MR) is 89.7 cm³/mol. The molecule has 1 aromatic carbocycles. The molecule has 1 heterocycles. The second-order valence-corrected chi connectivity index (χ2v) is 5.75. The summed E-state index contributed by atoms with van der Waals surface area (Å²) in [6.07, 6.45) is 2.23. The molecule has 0 saturated carbocycles. The lowest BCUT2D eigenvalue weighted by atomic mass is 10.3. The fraction of sp³-hybridized carbons (Fsp3) is 0.231. The zero-order chi connectivity index (χ0) is 15.4. The Morgan fingerprint density at radius 2 is 2.05 bits per heavy atom. The third-order valence-corrected chi connectivity index (χ3v) is 4.35. The number of nitrogens with two attached hydrogens (primary N) is 1. The molecule has 2 aromatic rings. The molecule has 3 N–H and O–H groups in total. The third kappa shape index (κ3) is 3.70. The summed E-state index contributed by atoms with van der Waals surface area (Å²) in [5.74, 6) is 0.755. The van der Waals surface area contributed by atoms with E-state index in [0.717, 1.165) is 6.42 Å². The first-order valence-electron chi connectivity index (χ1n) is 6.18. The number of halogens is 3. The lowest BCUT2D eigenvalue weighted by Gasteiger charge is -2.13. The SMILES string of the molecule is CCCOc1ncnc(Nc2ccc(Br)c(Cl)c2Cl)c1N. The van der Waals surface area contributed by atoms with E-state index in [4.69, 9.17) is 33.7 Å². The van der Waals surface area contributed by atoms with Gasteiger partial charge in [-0.15, -0.1) is 0 Å². The average Bonchev–Trinajstić information content (AvgIpc) is 2.48. The van der Waals surface area contributed by atoms with Gasteiger partial charge in [-0.3, -0.25) is 0 Å². The number of nitrogens with zero attached hydrogens (tertiary/aromatic N) is 2. The van der Waals surface area contributed by atoms with Gasteiger partial charge in [0.25, 0.3) is 0 Å². The van der Waals surface area contributed by atoms with Crippen molar-refractivity contribution in [2.75, 3.05) is 17.7 Å². The lowest BCUT2D eigenvalue weighted by Crippen LogP contribution is -2.06. The van der Waals surface area contributed by atoms with Gasteiger partial charge in [0.1, 0.15) is 12.0 Å². The van der Waals surface area contributed by atoms with E-state index in [2.05, 4.69) is 31.2 Å². The predicted octanol–water partition coefficient (Wildman–Crippen LogP) is 4.66. The van der Waals surface area contributed by atoms with E-state index < -0.39 is 0 Å². The van der Waals surface area contributed by atoms with Crippen LogP contribution in [0.25, 0.3) is 0 Å². The average molecular weight is 392 g/mol. The summed E-state index contributed by atoms with van der Waals surface area (Å²) in [5.41, 5.74) is 6.91. The molecule has 8 heteroatoms. The standard InChI is InChI=1S/C13H13BrCl2N4O/c1-2-5-21-13-11(17)12(18-6-19-13)20-8-4-3-7(14)9(15)10(8)16/h3-4,6H,2,5,17H2,1H3,(H,18,19,20). The molecule has 0 unspecified atom stereocenters. The Morgan fingerprint density at radius 3 is 2.76 bits per heavy atom. The monoisotopic (exact) mass is 390 g/mol. The first kappa shape index (κ1) is 16.1. The van der Waals surface area contributed by atoms with E-state index in [1.54, 1.807) is 12.1 Å². The van der Waals surface area contributed by atoms with E-state index in [0.29, 0.717) is 44.2 Å². The van der Waals surface area contributed by atoms with Crippen LogP contribution in [-0.2, 0) is 0 Å². The van der Waals surface area contributed by atoms with Crippen molar-refractivity contribution in [1.29, 1.82) is 0 Å². The van der Waals surface area contributed by atoms with Crippen LogP contribution in [0.5, 0.6) is 5.88 Å². The van der Waals surface area contributed by atoms with Crippen molar-refractivity contribution in [3.05, 3.63) is 33.0 Å². The smallest absolute Gasteiger partial charge is 0.242 e. The summed E-state index contributed by atoms with van der Waals surface area (Å²) in [5, 5.41) is 3.82. The third-order valence-electron chi connectivity index (χ3n) is 2.58. The first-order valence-corrected chi connectivity index (χ1v) is 7.73. The molecular formula is C13H13BrCl2N4O. The number of hydrogen-bond acceptors (Lipinski definition) is 5. The van der Waals surface area contributed by atoms with Gasteiger partial charge in [-0.25, -0.2) is 4.98 Å². The van der Waals surface area contributed by atoms with Crippen LogP contribution in [0.2, 0.25) is 10.0 Å². The fourth-order valence-corrected chi connectivity index (χ4v) is 2.36. The van der Waals surface area contributed by atoms with Crippen LogP contribution >= 0.6 is 39.1 Å². The molecule has 5 nitrogen and oxygen atoms in total. The molecule has 0 bridgehead atoms. The number of nitrogens with one attached hydrogen (secondary N) is 1. The molecule has 0 saturated heterocycles. The van der Waals surface area contributed by atoms with Gasteiger partial charge in [0.05, 0.1) is 22.3 Å². The van der Waals surface area contributed by atoms with E-state index in [1.807, 2.05) is 6.92 Å². The number of hydrogen-bond donors (Lipinski definition) is 2. The van der Waals surface area contributed by atoms with Crippen molar-refractivity contribution >= 4 is 56.3 Å². The maximum Gasteiger partial charge on any atom is 0.242 e. The molecule has 112 valence electrons. The summed E-state index contributed by atoms with van der Waals surface area (Å²) in [6.45, 7) is 2.53. The minimum atomic E-state index is 0.320. The molecule has 1 aromatic heterocycles. The molecule has 0 amide bonds. The summed E-state index contributed by atoms with van der Waals surface area (Å²) < 4.78 is 6.17. The zero-order valence-electron chi connectivity index (χ0n) is 11.2. The first-order chi connectivity index (χ1) is 10.0. The molecule has 0 fully saturated rings. The molecule has 0 aliphatic carbocycles. The molecule has 2 rings (SSSR count). The highest BCUT2D eigenvalue weighted by atomic mass is 79.9. The maximum absolute atomic E-state index is 6.18. The van der Waals surface area contributed by atoms with Crippen LogP contribution in [0, 0.1) is 0 Å². The van der Waals surface area contributed by atoms with Crippen molar-refractivity contribution in [3.8, 4) is 5.88 Å². The second kappa shape index (κ2) is 7.15. The lowest BCUT2D eigenvalue weighted by molar-refractivity contribution is 0.307. The Labute approximate surface area is 140 Å². The van der Waals surface area contributed by atoms with E-state index in [1.165, 1.54) is 6.33 Å². The number of rotatable bonds is 5. The van der Waals surface area contributed by atoms with Gasteiger partial charge in [-0.05, 0) is 34.5 Å². The van der Waals surface area contributed by atoms with Gasteiger partial charge < -0.3 is 15.8 Å². The summed E-state index contributed by atoms with van der Waals surface area (Å²) in [4.78, 5) is 8.10. The molecule has 21 heavy (non-hydrogen) atoms. The largest absolute Gasteiger partial charge is 0.476 e. The molecular weight excluding hydrogens is 379 g/mol. The van der Waals surface area contributed by atoms with Gasteiger partial charge in [0.2, 0.25) is 5.88 Å². The van der Waals surface area contributed by atoms with E-state index in [9.17, 15) is 0 Å². The van der Waals surface area contributed by atoms with Gasteiger partial charge >= 0.3 is 0 Å². The van der Waals surface area contributed by atoms with Crippen molar-refractivity contribution in [2.24, 2.45) is 0 Å². The topological polar surface area (TPSA) is 73.1 Å². The summed E-state index contributed by atoms with van der Waals surface area (Å²) in [6, 6.07) is 3.55. The number of anilines is 3. The van der Waals surface area contributed by atoms with Gasteiger partial charge in [0.15, 0.2) is 5.82 Å². The van der Waals surface area contributed by atoms with E-state index >= 15 is 0 Å². The van der Waals surface area contributed by atoms with E-state index in [-0.39, 0.29) is 0 Å². The van der Waals surface area contributed by atoms with Crippen molar-refractivity contribution in [1.82, 2.24) is 9.97 Å². The molecule has 0 atom stereocenters. The highest BCUT2D eigenvalue weighted by Gasteiger charge is 2.13. The summed E-state index contributed by atoms with van der Waals surface area (Å²) in [7, 11) is 0. The van der Waals surface area contributed by atoms with Crippen LogP contribution in [-0.4, -0.2) is 16.6 Å². The molecule has 0 spiro atoms. The zero-order valence-corrected chi connectivity index (χ0v) is 14.3. The van der Waals surface area contributed by atoms with Gasteiger partial charge in [0, 0.05) is 4.47 Å². The molecule has 0 radical (unpaired) electrons. The van der Waals surface area contributed by atoms with Crippen LogP contribution < -0.4 is 15.8 Å². The fourth-order valence-electron chi connectivity index (χ4n) is 1.54. The van der Waals surface area contributed by atoms with Gasteiger partial charge in [-0.1, -0.05) is 30.1 Å². The maximum atomic E-state index is 6.18. The van der Waals surface area contributed by atoms with Crippen molar-refractivity contribution < 1.29 is 4.74 Å². The van der Waals surface area contributed by atoms with Crippen LogP contribution in [0.1, 0.15) is 13.3 Å². The highest BCUT2D eigenvalue weighted by Crippen LogP contribution is 2.38. The normalized spacial score (nSPS) is 10.5. The minimum absolute atomic E-state index is 0.320. The molecule has 0 aliphatic rings. The number of ether oxygens (including phenoxy) is 1. The Balaban J connectivity index is 2.30. The van der Waals surface area contributed by atoms with Crippen LogP contribution in [0.15, 0.2) is 22.9 Å². The van der Waals surface area contributed by atoms with Gasteiger partial charge in [-0.2, -0.15) is 4.98 Å². The highest BCUT2D eigenvalue weighted by molar-refractivity contribution is 9.10.